The Bertz CT molecular complexity index is 773. The number of carbonyl (C=O) groups excluding carboxylic acids is 2. The number of aliphatic hydroxyl groups excluding tert-OH is 1. The lowest BCUT2D eigenvalue weighted by Crippen LogP contribution is -2.51. The molecule has 0 aliphatic carbocycles. The van der Waals surface area contributed by atoms with Gasteiger partial charge in [-0.2, -0.15) is 0 Å². The summed E-state index contributed by atoms with van der Waals surface area (Å²) in [4.78, 5) is 30.7. The molecule has 2 aliphatic heterocycles. The van der Waals surface area contributed by atoms with E-state index < -0.39 is 16.5 Å². The average Bonchev–Trinajstić information content (AvgIpc) is 3.43. The van der Waals surface area contributed by atoms with Crippen LogP contribution in [-0.2, 0) is 9.53 Å². The third-order valence-electron chi connectivity index (χ3n) is 10.4. The summed E-state index contributed by atoms with van der Waals surface area (Å²) >= 11 is 0. The maximum atomic E-state index is 12.8. The van der Waals surface area contributed by atoms with Gasteiger partial charge in [-0.1, -0.05) is 53.4 Å². The molecule has 2 atom stereocenters. The van der Waals surface area contributed by atoms with Gasteiger partial charge in [0.15, 0.2) is 0 Å². The van der Waals surface area contributed by atoms with Crippen LogP contribution in [-0.4, -0.2) is 101 Å². The summed E-state index contributed by atoms with van der Waals surface area (Å²) in [5, 5.41) is 22.8. The molecule has 2 aliphatic rings. The Kier molecular flexibility index (Phi) is 14.3. The van der Waals surface area contributed by atoms with Crippen LogP contribution in [0.5, 0.6) is 0 Å². The molecule has 0 aromatic carbocycles. The monoisotopic (exact) mass is 568 g/mol. The summed E-state index contributed by atoms with van der Waals surface area (Å²) in [6.07, 6.45) is 11.2. The molecule has 2 unspecified atom stereocenters. The quantitative estimate of drug-likeness (QED) is 0.0826. The lowest BCUT2D eigenvalue weighted by atomic mass is 9.75. The summed E-state index contributed by atoms with van der Waals surface area (Å²) in [5.41, 5.74) is -0.0879. The molecular weight excluding hydrogens is 508 g/mol. The van der Waals surface area contributed by atoms with E-state index in [9.17, 15) is 19.9 Å². The lowest BCUT2D eigenvalue weighted by Gasteiger charge is -2.41. The summed E-state index contributed by atoms with van der Waals surface area (Å²) in [5.74, 6) is -0.0591. The number of ether oxygens (including phenoxy) is 1. The van der Waals surface area contributed by atoms with Crippen molar-refractivity contribution in [3.8, 4) is 0 Å². The fourth-order valence-corrected chi connectivity index (χ4v) is 6.79. The van der Waals surface area contributed by atoms with E-state index in [1.807, 2.05) is 18.7 Å². The Morgan fingerprint density at radius 3 is 2.12 bits per heavy atom. The lowest BCUT2D eigenvalue weighted by molar-refractivity contribution is -0.919. The number of unbranched alkanes of at least 4 members (excludes halogenated alkanes) is 3. The van der Waals surface area contributed by atoms with Crippen LogP contribution in [0, 0.1) is 10.6 Å². The molecule has 0 saturated carbocycles. The molecule has 2 heterocycles. The van der Waals surface area contributed by atoms with Crippen LogP contribution >= 0.6 is 0 Å². The first-order valence-electron chi connectivity index (χ1n) is 16.3. The van der Waals surface area contributed by atoms with E-state index in [-0.39, 0.29) is 18.5 Å². The smallest absolute Gasteiger partial charge is 0.327 e. The number of urea groups is 1. The number of imide groups is 1. The van der Waals surface area contributed by atoms with Crippen LogP contribution in [0.15, 0.2) is 0 Å². The molecule has 0 bridgehead atoms. The number of nitrogens with zero attached hydrogens (tertiary/aromatic N) is 4. The largest absolute Gasteiger partial charge is 0.630 e. The highest BCUT2D eigenvalue weighted by molar-refractivity contribution is 6.02. The van der Waals surface area contributed by atoms with E-state index in [0.717, 1.165) is 83.8 Å². The molecular formula is C31H60N4O5. The standard InChI is InChI=1S/C31H60N4O5/c1-7-30(8-2,18-14-13-16-21-33-22-23-35(39,12-6)29(33)38)20-25-40-24-17-15-19-31(9-3,10-4)34-27(36)26-32(11-5)28(34)37/h29,38H,7-26H2,1-6H3. The Hall–Kier alpha value is -1.26. The zero-order valence-electron chi connectivity index (χ0n) is 26.6. The van der Waals surface area contributed by atoms with Gasteiger partial charge in [0, 0.05) is 26.3 Å². The minimum absolute atomic E-state index is 0.0591. The maximum absolute atomic E-state index is 12.8. The first-order valence-corrected chi connectivity index (χ1v) is 16.3. The Labute approximate surface area is 244 Å². The minimum Gasteiger partial charge on any atom is -0.630 e. The molecule has 0 spiro atoms. The SMILES string of the molecule is CCN1CC(=O)N(C(CC)(CC)CCCCOCCC(CC)(CC)CCCCCN2CC[N+]([O-])(CC)C2O)C1=O. The summed E-state index contributed by atoms with van der Waals surface area (Å²) < 4.78 is 5.59. The van der Waals surface area contributed by atoms with Crippen molar-refractivity contribution in [2.45, 2.75) is 130 Å². The van der Waals surface area contributed by atoms with E-state index in [1.54, 1.807) is 9.80 Å². The highest BCUT2D eigenvalue weighted by atomic mass is 16.6. The number of hydrogen-bond donors (Lipinski definition) is 1. The van der Waals surface area contributed by atoms with Gasteiger partial charge in [-0.3, -0.25) is 9.69 Å². The van der Waals surface area contributed by atoms with E-state index >= 15 is 0 Å². The molecule has 0 aromatic heterocycles. The third-order valence-corrected chi connectivity index (χ3v) is 10.4. The van der Waals surface area contributed by atoms with Crippen molar-refractivity contribution < 1.29 is 24.1 Å². The highest BCUT2D eigenvalue weighted by Crippen LogP contribution is 2.37. The molecule has 40 heavy (non-hydrogen) atoms. The Morgan fingerprint density at radius 2 is 1.57 bits per heavy atom. The molecule has 2 rings (SSSR count). The van der Waals surface area contributed by atoms with Gasteiger partial charge in [-0.15, -0.1) is 0 Å². The van der Waals surface area contributed by atoms with Gasteiger partial charge in [0.1, 0.15) is 6.54 Å². The fourth-order valence-electron chi connectivity index (χ4n) is 6.79. The summed E-state index contributed by atoms with van der Waals surface area (Å²) in [6.45, 7) is 17.2. The number of carbonyl (C=O) groups is 2. The van der Waals surface area contributed by atoms with Crippen LogP contribution < -0.4 is 0 Å². The summed E-state index contributed by atoms with van der Waals surface area (Å²) in [6, 6.07) is -0.128. The van der Waals surface area contributed by atoms with Crippen molar-refractivity contribution in [2.24, 2.45) is 5.41 Å². The predicted molar refractivity (Wildman–Crippen MR) is 160 cm³/mol. The zero-order chi connectivity index (χ0) is 29.8. The van der Waals surface area contributed by atoms with Crippen LogP contribution in [0.25, 0.3) is 0 Å². The Morgan fingerprint density at radius 1 is 0.900 bits per heavy atom. The molecule has 3 amide bonds. The van der Waals surface area contributed by atoms with Gasteiger partial charge in [0.2, 0.25) is 0 Å². The van der Waals surface area contributed by atoms with Gasteiger partial charge in [0.05, 0.1) is 25.2 Å². The maximum Gasteiger partial charge on any atom is 0.327 e. The van der Waals surface area contributed by atoms with Crippen LogP contribution in [0.4, 0.5) is 4.79 Å². The number of hydroxylamine groups is 3. The second-order valence-electron chi connectivity index (χ2n) is 12.2. The van der Waals surface area contributed by atoms with Gasteiger partial charge >= 0.3 is 6.03 Å². The van der Waals surface area contributed by atoms with Crippen molar-refractivity contribution in [1.82, 2.24) is 14.7 Å². The molecule has 2 fully saturated rings. The molecule has 2 saturated heterocycles. The molecule has 1 N–H and O–H groups in total. The number of amides is 3. The number of hydrogen-bond acceptors (Lipinski definition) is 6. The molecule has 0 radical (unpaired) electrons. The van der Waals surface area contributed by atoms with E-state index in [2.05, 4.69) is 27.7 Å². The van der Waals surface area contributed by atoms with E-state index in [1.165, 1.54) is 6.42 Å². The number of rotatable bonds is 21. The van der Waals surface area contributed by atoms with Crippen molar-refractivity contribution in [3.05, 3.63) is 5.21 Å². The number of aliphatic hydroxyl groups is 1. The van der Waals surface area contributed by atoms with Crippen LogP contribution in [0.3, 0.4) is 0 Å². The second-order valence-corrected chi connectivity index (χ2v) is 12.2. The second kappa shape index (κ2) is 16.4. The first-order chi connectivity index (χ1) is 19.1. The van der Waals surface area contributed by atoms with Crippen molar-refractivity contribution in [2.75, 3.05) is 52.5 Å². The van der Waals surface area contributed by atoms with E-state index in [4.69, 9.17) is 4.74 Å². The molecule has 9 heteroatoms. The molecule has 0 aromatic rings. The topological polar surface area (TPSA) is 96.4 Å². The van der Waals surface area contributed by atoms with Crippen molar-refractivity contribution >= 4 is 11.9 Å². The third kappa shape index (κ3) is 8.40. The van der Waals surface area contributed by atoms with Crippen molar-refractivity contribution in [3.63, 3.8) is 0 Å². The van der Waals surface area contributed by atoms with Crippen LogP contribution in [0.2, 0.25) is 0 Å². The van der Waals surface area contributed by atoms with Gasteiger partial charge in [0.25, 0.3) is 12.3 Å². The van der Waals surface area contributed by atoms with Gasteiger partial charge in [-0.05, 0) is 70.6 Å². The minimum atomic E-state index is -0.899. The Balaban J connectivity index is 1.68. The van der Waals surface area contributed by atoms with Gasteiger partial charge < -0.3 is 24.6 Å². The first kappa shape index (κ1) is 34.9. The zero-order valence-corrected chi connectivity index (χ0v) is 26.6. The van der Waals surface area contributed by atoms with Gasteiger partial charge in [-0.25, -0.2) is 9.69 Å². The average molecular weight is 569 g/mol. The number of likely N-dealkylation sites (N-methyl/N-ethyl adjacent to an activating group) is 2. The highest BCUT2D eigenvalue weighted by Gasteiger charge is 2.46. The normalized spacial score (nSPS) is 22.8. The molecule has 9 nitrogen and oxygen atoms in total. The van der Waals surface area contributed by atoms with Crippen molar-refractivity contribution in [1.29, 1.82) is 0 Å². The fraction of sp³-hybridized carbons (Fsp3) is 0.935. The summed E-state index contributed by atoms with van der Waals surface area (Å²) in [7, 11) is 0. The van der Waals surface area contributed by atoms with E-state index in [0.29, 0.717) is 38.2 Å². The molecule has 234 valence electrons. The number of quaternary nitrogens is 1. The predicted octanol–water partition coefficient (Wildman–Crippen LogP) is 5.70. The van der Waals surface area contributed by atoms with Crippen LogP contribution in [0.1, 0.15) is 119 Å².